The molecule has 1 N–H and O–H groups in total. The zero-order chi connectivity index (χ0) is 7.72. The van der Waals surface area contributed by atoms with Gasteiger partial charge in [0.05, 0.1) is 3.57 Å². The van der Waals surface area contributed by atoms with Gasteiger partial charge in [-0.1, -0.05) is 0 Å². The van der Waals surface area contributed by atoms with E-state index >= 15 is 0 Å². The molecular formula is C7H5I2O. The number of rotatable bonds is 0. The molecule has 1 nitrogen and oxygen atoms in total. The Hall–Kier alpha value is 0.480. The summed E-state index contributed by atoms with van der Waals surface area (Å²) in [6, 6.07) is 3.75. The Balaban J connectivity index is 3.31. The highest BCUT2D eigenvalue weighted by Crippen LogP contribution is 2.25. The summed E-state index contributed by atoms with van der Waals surface area (Å²) in [5.74, 6) is 0.293. The van der Waals surface area contributed by atoms with E-state index in [0.29, 0.717) is 11.3 Å². The van der Waals surface area contributed by atoms with Gasteiger partial charge in [0.1, 0.15) is 5.75 Å². The van der Waals surface area contributed by atoms with Crippen molar-refractivity contribution in [2.75, 3.05) is 0 Å². The van der Waals surface area contributed by atoms with Crippen molar-refractivity contribution in [3.05, 3.63) is 31.8 Å². The van der Waals surface area contributed by atoms with Crippen molar-refractivity contribution in [2.24, 2.45) is 0 Å². The Labute approximate surface area is 87.1 Å². The first kappa shape index (κ1) is 8.58. The molecule has 0 bridgehead atoms. The molecule has 1 radical (unpaired) electrons. The van der Waals surface area contributed by atoms with Crippen molar-refractivity contribution in [2.45, 2.75) is 0 Å². The monoisotopic (exact) mass is 359 g/mol. The molecular weight excluding hydrogens is 354 g/mol. The Kier molecular flexibility index (Phi) is 2.79. The van der Waals surface area contributed by atoms with Crippen LogP contribution < -0.4 is 0 Å². The largest absolute Gasteiger partial charge is 0.507 e. The van der Waals surface area contributed by atoms with Crippen molar-refractivity contribution >= 4 is 45.2 Å². The topological polar surface area (TPSA) is 20.2 Å². The molecule has 0 saturated heterocycles. The Morgan fingerprint density at radius 3 is 2.40 bits per heavy atom. The molecule has 0 amide bonds. The molecule has 1 rings (SSSR count). The average Bonchev–Trinajstić information content (AvgIpc) is 1.82. The average molecular weight is 359 g/mol. The first-order valence-electron chi connectivity index (χ1n) is 2.61. The number of benzene rings is 1. The van der Waals surface area contributed by atoms with E-state index in [1.165, 1.54) is 0 Å². The fraction of sp³-hybridized carbons (Fsp3) is 0. The van der Waals surface area contributed by atoms with Gasteiger partial charge in [-0.25, -0.2) is 0 Å². The molecule has 0 fully saturated rings. The summed E-state index contributed by atoms with van der Waals surface area (Å²) in [5, 5.41) is 9.26. The van der Waals surface area contributed by atoms with Crippen LogP contribution in [0.2, 0.25) is 0 Å². The molecule has 1 aromatic rings. The van der Waals surface area contributed by atoms with Crippen LogP contribution in [0.15, 0.2) is 12.1 Å². The number of hydrogen-bond acceptors (Lipinski definition) is 1. The second-order valence-corrected chi connectivity index (χ2v) is 4.30. The van der Waals surface area contributed by atoms with Crippen molar-refractivity contribution in [1.29, 1.82) is 0 Å². The predicted octanol–water partition coefficient (Wildman–Crippen LogP) is 2.78. The van der Waals surface area contributed by atoms with Gasteiger partial charge in [-0.15, -0.1) is 0 Å². The molecule has 0 heterocycles. The highest BCUT2D eigenvalue weighted by molar-refractivity contribution is 14.1. The van der Waals surface area contributed by atoms with Gasteiger partial charge >= 0.3 is 0 Å². The van der Waals surface area contributed by atoms with Crippen molar-refractivity contribution in [3.63, 3.8) is 0 Å². The summed E-state index contributed by atoms with van der Waals surface area (Å²) >= 11 is 4.27. The summed E-state index contributed by atoms with van der Waals surface area (Å²) in [7, 11) is 0. The van der Waals surface area contributed by atoms with Gasteiger partial charge < -0.3 is 5.11 Å². The van der Waals surface area contributed by atoms with Crippen LogP contribution in [0.4, 0.5) is 0 Å². The van der Waals surface area contributed by atoms with Crippen LogP contribution in [0.1, 0.15) is 5.56 Å². The lowest BCUT2D eigenvalue weighted by molar-refractivity contribution is 0.469. The molecule has 0 aromatic heterocycles. The van der Waals surface area contributed by atoms with Crippen LogP contribution in [0.5, 0.6) is 5.75 Å². The maximum absolute atomic E-state index is 9.26. The number of phenols is 1. The van der Waals surface area contributed by atoms with Gasteiger partial charge in [-0.05, 0) is 69.8 Å². The SMILES string of the molecule is [CH2]c1cc(I)cc(I)c1O. The molecule has 0 atom stereocenters. The van der Waals surface area contributed by atoms with Gasteiger partial charge in [-0.2, -0.15) is 0 Å². The highest BCUT2D eigenvalue weighted by Gasteiger charge is 2.01. The molecule has 0 spiro atoms. The zero-order valence-electron chi connectivity index (χ0n) is 5.06. The van der Waals surface area contributed by atoms with E-state index in [1.54, 1.807) is 0 Å². The maximum Gasteiger partial charge on any atom is 0.132 e. The fourth-order valence-corrected chi connectivity index (χ4v) is 2.58. The molecule has 0 aliphatic carbocycles. The van der Waals surface area contributed by atoms with E-state index < -0.39 is 0 Å². The summed E-state index contributed by atoms with van der Waals surface area (Å²) in [6.45, 7) is 3.68. The molecule has 53 valence electrons. The van der Waals surface area contributed by atoms with E-state index in [9.17, 15) is 5.11 Å². The summed E-state index contributed by atoms with van der Waals surface area (Å²) in [4.78, 5) is 0. The van der Waals surface area contributed by atoms with Crippen molar-refractivity contribution in [3.8, 4) is 5.75 Å². The lowest BCUT2D eigenvalue weighted by atomic mass is 10.2. The molecule has 1 aromatic carbocycles. The summed E-state index contributed by atoms with van der Waals surface area (Å²) in [5.41, 5.74) is 0.691. The first-order valence-corrected chi connectivity index (χ1v) is 4.77. The second-order valence-electron chi connectivity index (χ2n) is 1.90. The van der Waals surface area contributed by atoms with Crippen LogP contribution in [-0.2, 0) is 0 Å². The van der Waals surface area contributed by atoms with Gasteiger partial charge in [0.2, 0.25) is 0 Å². The molecule has 0 unspecified atom stereocenters. The van der Waals surface area contributed by atoms with Gasteiger partial charge in [0, 0.05) is 3.57 Å². The predicted molar refractivity (Wildman–Crippen MR) is 58.0 cm³/mol. The van der Waals surface area contributed by atoms with E-state index in [1.807, 2.05) is 12.1 Å². The fourth-order valence-electron chi connectivity index (χ4n) is 0.619. The minimum absolute atomic E-state index is 0.293. The third-order valence-electron chi connectivity index (χ3n) is 1.11. The van der Waals surface area contributed by atoms with E-state index in [0.717, 1.165) is 7.14 Å². The van der Waals surface area contributed by atoms with Crippen LogP contribution in [0, 0.1) is 14.1 Å². The normalized spacial score (nSPS) is 9.90. The third kappa shape index (κ3) is 1.75. The third-order valence-corrected chi connectivity index (χ3v) is 2.55. The van der Waals surface area contributed by atoms with Crippen LogP contribution in [0.3, 0.4) is 0 Å². The molecule has 0 aliphatic heterocycles. The Morgan fingerprint density at radius 1 is 1.30 bits per heavy atom. The minimum atomic E-state index is 0.293. The van der Waals surface area contributed by atoms with E-state index in [4.69, 9.17) is 0 Å². The van der Waals surface area contributed by atoms with Crippen molar-refractivity contribution in [1.82, 2.24) is 0 Å². The summed E-state index contributed by atoms with van der Waals surface area (Å²) < 4.78 is 1.96. The van der Waals surface area contributed by atoms with Crippen molar-refractivity contribution < 1.29 is 5.11 Å². The Bertz CT molecular complexity index is 235. The van der Waals surface area contributed by atoms with Crippen LogP contribution >= 0.6 is 45.2 Å². The molecule has 0 aliphatic rings. The minimum Gasteiger partial charge on any atom is -0.507 e. The van der Waals surface area contributed by atoms with Crippen LogP contribution in [-0.4, -0.2) is 5.11 Å². The van der Waals surface area contributed by atoms with Crippen LogP contribution in [0.25, 0.3) is 0 Å². The maximum atomic E-state index is 9.26. The molecule has 10 heavy (non-hydrogen) atoms. The first-order chi connectivity index (χ1) is 4.61. The standard InChI is InChI=1S/C7H5I2O/c1-4-2-5(8)3-6(9)7(4)10/h2-3,10H,1H2. The number of halogens is 2. The number of phenolic OH excluding ortho intramolecular Hbond substituents is 1. The van der Waals surface area contributed by atoms with Gasteiger partial charge in [-0.3, -0.25) is 0 Å². The quantitative estimate of drug-likeness (QED) is 0.707. The number of hydrogen-bond donors (Lipinski definition) is 1. The lowest BCUT2D eigenvalue weighted by Crippen LogP contribution is -1.81. The molecule has 0 saturated carbocycles. The number of aromatic hydroxyl groups is 1. The van der Waals surface area contributed by atoms with E-state index in [2.05, 4.69) is 52.1 Å². The van der Waals surface area contributed by atoms with E-state index in [-0.39, 0.29) is 0 Å². The smallest absolute Gasteiger partial charge is 0.132 e. The summed E-state index contributed by atoms with van der Waals surface area (Å²) in [6.07, 6.45) is 0. The second kappa shape index (κ2) is 3.25. The zero-order valence-corrected chi connectivity index (χ0v) is 9.38. The molecule has 3 heteroatoms. The van der Waals surface area contributed by atoms with Gasteiger partial charge in [0.15, 0.2) is 0 Å². The van der Waals surface area contributed by atoms with Gasteiger partial charge in [0.25, 0.3) is 0 Å². The lowest BCUT2D eigenvalue weighted by Gasteiger charge is -2.00. The Morgan fingerprint density at radius 2 is 1.90 bits per heavy atom. The highest BCUT2D eigenvalue weighted by atomic mass is 127.